The fourth-order valence-electron chi connectivity index (χ4n) is 4.07. The van der Waals surface area contributed by atoms with E-state index in [0.717, 1.165) is 36.3 Å². The Hall–Kier alpha value is -3.02. The van der Waals surface area contributed by atoms with E-state index in [1.165, 1.54) is 18.2 Å². The average Bonchev–Trinajstić information content (AvgIpc) is 3.09. The highest BCUT2D eigenvalue weighted by Crippen LogP contribution is 2.24. The Balaban J connectivity index is 1.38. The third-order valence-corrected chi connectivity index (χ3v) is 5.87. The minimum absolute atomic E-state index is 0.140. The van der Waals surface area contributed by atoms with Gasteiger partial charge in [0.05, 0.1) is 5.56 Å². The highest BCUT2D eigenvalue weighted by atomic mass is 19.1. The number of piperidine rings is 1. The summed E-state index contributed by atoms with van der Waals surface area (Å²) in [6.07, 6.45) is 4.43. The predicted octanol–water partition coefficient (Wildman–Crippen LogP) is 4.61. The van der Waals surface area contributed by atoms with E-state index >= 15 is 0 Å². The number of halogens is 2. The standard InChI is InChI=1S/C24H25F2N3O/c1-17-15-27-23(29(17)16-19-6-8-20(25)9-7-19)14-18-10-12-28(13-11-18)24(30)21-4-2-3-5-22(21)26/h2-9,15,18H,10-14,16H2,1H3. The molecular formula is C24H25F2N3O. The van der Waals surface area contributed by atoms with Gasteiger partial charge < -0.3 is 9.47 Å². The van der Waals surface area contributed by atoms with Gasteiger partial charge in [-0.1, -0.05) is 24.3 Å². The lowest BCUT2D eigenvalue weighted by atomic mass is 9.92. The molecule has 4 nitrogen and oxygen atoms in total. The molecule has 0 bridgehead atoms. The summed E-state index contributed by atoms with van der Waals surface area (Å²) in [6.45, 7) is 3.92. The molecule has 0 radical (unpaired) electrons. The van der Waals surface area contributed by atoms with Gasteiger partial charge in [0.2, 0.25) is 0 Å². The molecular weight excluding hydrogens is 384 g/mol. The van der Waals surface area contributed by atoms with Gasteiger partial charge in [-0.3, -0.25) is 4.79 Å². The van der Waals surface area contributed by atoms with Gasteiger partial charge in [0.1, 0.15) is 17.5 Å². The Labute approximate surface area is 175 Å². The van der Waals surface area contributed by atoms with E-state index in [1.807, 2.05) is 13.1 Å². The molecule has 6 heteroatoms. The van der Waals surface area contributed by atoms with Crippen LogP contribution in [0.15, 0.2) is 54.7 Å². The van der Waals surface area contributed by atoms with Crippen molar-refractivity contribution in [2.24, 2.45) is 5.92 Å². The zero-order valence-electron chi connectivity index (χ0n) is 17.0. The van der Waals surface area contributed by atoms with E-state index in [4.69, 9.17) is 0 Å². The van der Waals surface area contributed by atoms with Crippen molar-refractivity contribution < 1.29 is 13.6 Å². The van der Waals surface area contributed by atoms with Crippen molar-refractivity contribution in [3.63, 3.8) is 0 Å². The Morgan fingerprint density at radius 1 is 1.07 bits per heavy atom. The molecule has 1 aliphatic rings. The highest BCUT2D eigenvalue weighted by Gasteiger charge is 2.26. The van der Waals surface area contributed by atoms with Crippen molar-refractivity contribution in [3.05, 3.63) is 89.0 Å². The lowest BCUT2D eigenvalue weighted by molar-refractivity contribution is 0.0685. The third-order valence-electron chi connectivity index (χ3n) is 5.87. The Morgan fingerprint density at radius 3 is 2.47 bits per heavy atom. The van der Waals surface area contributed by atoms with Crippen molar-refractivity contribution in [1.82, 2.24) is 14.5 Å². The number of likely N-dealkylation sites (tertiary alicyclic amines) is 1. The van der Waals surface area contributed by atoms with E-state index in [0.29, 0.717) is 25.6 Å². The van der Waals surface area contributed by atoms with E-state index in [1.54, 1.807) is 35.2 Å². The van der Waals surface area contributed by atoms with E-state index < -0.39 is 5.82 Å². The molecule has 0 spiro atoms. The van der Waals surface area contributed by atoms with Crippen molar-refractivity contribution in [3.8, 4) is 0 Å². The first-order chi connectivity index (χ1) is 14.5. The van der Waals surface area contributed by atoms with Crippen LogP contribution in [0, 0.1) is 24.5 Å². The molecule has 0 N–H and O–H groups in total. The lowest BCUT2D eigenvalue weighted by Gasteiger charge is -2.32. The van der Waals surface area contributed by atoms with Gasteiger partial charge in [0.25, 0.3) is 5.91 Å². The Morgan fingerprint density at radius 2 is 1.77 bits per heavy atom. The van der Waals surface area contributed by atoms with Crippen molar-refractivity contribution in [2.45, 2.75) is 32.7 Å². The molecule has 2 aromatic carbocycles. The second-order valence-electron chi connectivity index (χ2n) is 7.95. The van der Waals surface area contributed by atoms with Crippen LogP contribution in [0.4, 0.5) is 8.78 Å². The van der Waals surface area contributed by atoms with E-state index in [2.05, 4.69) is 9.55 Å². The lowest BCUT2D eigenvalue weighted by Crippen LogP contribution is -2.39. The largest absolute Gasteiger partial charge is 0.339 e. The van der Waals surface area contributed by atoms with Gasteiger partial charge >= 0.3 is 0 Å². The van der Waals surface area contributed by atoms with Crippen LogP contribution in [0.25, 0.3) is 0 Å². The van der Waals surface area contributed by atoms with E-state index in [-0.39, 0.29) is 17.3 Å². The number of amides is 1. The molecule has 1 amide bonds. The second kappa shape index (κ2) is 8.78. The maximum absolute atomic E-state index is 13.9. The van der Waals surface area contributed by atoms with Crippen LogP contribution in [0.1, 0.15) is 40.3 Å². The molecule has 1 fully saturated rings. The number of carbonyl (C=O) groups is 1. The molecule has 0 atom stereocenters. The Bertz CT molecular complexity index is 1020. The predicted molar refractivity (Wildman–Crippen MR) is 111 cm³/mol. The third kappa shape index (κ3) is 4.42. The zero-order chi connectivity index (χ0) is 21.1. The normalized spacial score (nSPS) is 14.8. The zero-order valence-corrected chi connectivity index (χ0v) is 17.0. The van der Waals surface area contributed by atoms with Crippen LogP contribution >= 0.6 is 0 Å². The summed E-state index contributed by atoms with van der Waals surface area (Å²) in [5, 5.41) is 0. The molecule has 156 valence electrons. The van der Waals surface area contributed by atoms with Crippen LogP contribution in [0.2, 0.25) is 0 Å². The summed E-state index contributed by atoms with van der Waals surface area (Å²) in [5.41, 5.74) is 2.24. The average molecular weight is 409 g/mol. The van der Waals surface area contributed by atoms with Crippen molar-refractivity contribution in [2.75, 3.05) is 13.1 Å². The SMILES string of the molecule is Cc1cnc(CC2CCN(C(=O)c3ccccc3F)CC2)n1Cc1ccc(F)cc1. The van der Waals surface area contributed by atoms with Crippen LogP contribution in [-0.2, 0) is 13.0 Å². The topological polar surface area (TPSA) is 38.1 Å². The van der Waals surface area contributed by atoms with Gasteiger partial charge in [-0.25, -0.2) is 13.8 Å². The van der Waals surface area contributed by atoms with Gasteiger partial charge in [0.15, 0.2) is 0 Å². The second-order valence-corrected chi connectivity index (χ2v) is 7.95. The minimum atomic E-state index is -0.470. The number of aryl methyl sites for hydroxylation is 1. The van der Waals surface area contributed by atoms with Crippen LogP contribution in [-0.4, -0.2) is 33.4 Å². The maximum Gasteiger partial charge on any atom is 0.256 e. The van der Waals surface area contributed by atoms with Gasteiger partial charge in [-0.15, -0.1) is 0 Å². The number of nitrogens with zero attached hydrogens (tertiary/aromatic N) is 3. The Kier molecular flexibility index (Phi) is 5.93. The summed E-state index contributed by atoms with van der Waals surface area (Å²) < 4.78 is 29.3. The fraction of sp³-hybridized carbons (Fsp3) is 0.333. The van der Waals surface area contributed by atoms with Gasteiger partial charge in [0, 0.05) is 37.9 Å². The highest BCUT2D eigenvalue weighted by molar-refractivity contribution is 5.94. The van der Waals surface area contributed by atoms with Crippen LogP contribution in [0.5, 0.6) is 0 Å². The summed E-state index contributed by atoms with van der Waals surface area (Å²) in [5.74, 6) is 0.486. The molecule has 30 heavy (non-hydrogen) atoms. The van der Waals surface area contributed by atoms with Gasteiger partial charge in [-0.2, -0.15) is 0 Å². The molecule has 0 aliphatic carbocycles. The van der Waals surface area contributed by atoms with E-state index in [9.17, 15) is 13.6 Å². The van der Waals surface area contributed by atoms with Gasteiger partial charge in [-0.05, 0) is 55.5 Å². The smallest absolute Gasteiger partial charge is 0.256 e. The first-order valence-electron chi connectivity index (χ1n) is 10.3. The minimum Gasteiger partial charge on any atom is -0.339 e. The number of benzene rings is 2. The maximum atomic E-state index is 13.9. The summed E-state index contributed by atoms with van der Waals surface area (Å²) in [7, 11) is 0. The number of hydrogen-bond acceptors (Lipinski definition) is 2. The molecule has 4 rings (SSSR count). The van der Waals surface area contributed by atoms with Crippen molar-refractivity contribution in [1.29, 1.82) is 0 Å². The fourth-order valence-corrected chi connectivity index (χ4v) is 4.07. The summed E-state index contributed by atoms with van der Waals surface area (Å²) >= 11 is 0. The number of rotatable bonds is 5. The number of aromatic nitrogens is 2. The monoisotopic (exact) mass is 409 g/mol. The molecule has 2 heterocycles. The molecule has 0 unspecified atom stereocenters. The number of carbonyl (C=O) groups excluding carboxylic acids is 1. The van der Waals surface area contributed by atoms with Crippen molar-refractivity contribution >= 4 is 5.91 Å². The first-order valence-corrected chi connectivity index (χ1v) is 10.3. The number of hydrogen-bond donors (Lipinski definition) is 0. The van der Waals surface area contributed by atoms with Crippen LogP contribution in [0.3, 0.4) is 0 Å². The summed E-state index contributed by atoms with van der Waals surface area (Å²) in [6, 6.07) is 12.7. The number of imidazole rings is 1. The molecule has 3 aromatic rings. The molecule has 1 saturated heterocycles. The molecule has 0 saturated carbocycles. The summed E-state index contributed by atoms with van der Waals surface area (Å²) in [4.78, 5) is 18.9. The molecule has 1 aromatic heterocycles. The van der Waals surface area contributed by atoms with Crippen LogP contribution < -0.4 is 0 Å². The first kappa shape index (κ1) is 20.3. The molecule has 1 aliphatic heterocycles. The quantitative estimate of drug-likeness (QED) is 0.617.